The van der Waals surface area contributed by atoms with Gasteiger partial charge in [0.05, 0.1) is 17.6 Å². The second-order valence-electron chi connectivity index (χ2n) is 4.78. The van der Waals surface area contributed by atoms with Crippen LogP contribution < -0.4 is 4.72 Å². The summed E-state index contributed by atoms with van der Waals surface area (Å²) in [5.41, 5.74) is 0. The van der Waals surface area contributed by atoms with E-state index in [-0.39, 0.29) is 16.2 Å². The van der Waals surface area contributed by atoms with Crippen molar-refractivity contribution >= 4 is 21.6 Å². The molecule has 1 saturated heterocycles. The first-order chi connectivity index (χ1) is 10.1. The highest BCUT2D eigenvalue weighted by molar-refractivity contribution is 7.89. The molecule has 0 saturated carbocycles. The normalized spacial score (nSPS) is 19.0. The number of halogens is 1. The fourth-order valence-corrected chi connectivity index (χ4v) is 3.33. The van der Waals surface area contributed by atoms with E-state index in [4.69, 9.17) is 21.1 Å². The van der Waals surface area contributed by atoms with Gasteiger partial charge in [-0.2, -0.15) is 0 Å². The van der Waals surface area contributed by atoms with Crippen LogP contribution in [0, 0.1) is 0 Å². The highest BCUT2D eigenvalue weighted by atomic mass is 35.5. The summed E-state index contributed by atoms with van der Waals surface area (Å²) in [6.07, 6.45) is 4.28. The van der Waals surface area contributed by atoms with Gasteiger partial charge in [-0.25, -0.2) is 18.1 Å². The number of nitrogens with one attached hydrogen (secondary N) is 1. The topological polar surface area (TPSA) is 77.5 Å². The van der Waals surface area contributed by atoms with Crippen molar-refractivity contribution in [3.8, 4) is 0 Å². The van der Waals surface area contributed by atoms with E-state index in [2.05, 4.69) is 9.71 Å². The molecule has 0 aliphatic carbocycles. The smallest absolute Gasteiger partial charge is 0.240 e. The van der Waals surface area contributed by atoms with Crippen LogP contribution in [0.3, 0.4) is 0 Å². The van der Waals surface area contributed by atoms with Crippen LogP contribution in [0.2, 0.25) is 5.15 Å². The SMILES string of the molecule is O=S(=O)(NCCCOCC1CCCO1)c1ccnc(Cl)c1. The molecule has 2 rings (SSSR count). The van der Waals surface area contributed by atoms with Gasteiger partial charge < -0.3 is 9.47 Å². The maximum absolute atomic E-state index is 12.0. The first kappa shape index (κ1) is 16.6. The van der Waals surface area contributed by atoms with Gasteiger partial charge in [0.25, 0.3) is 0 Å². The van der Waals surface area contributed by atoms with E-state index in [1.54, 1.807) is 0 Å². The molecule has 1 aromatic rings. The number of ether oxygens (including phenoxy) is 2. The van der Waals surface area contributed by atoms with E-state index in [0.29, 0.717) is 26.2 Å². The third kappa shape index (κ3) is 5.52. The van der Waals surface area contributed by atoms with Crippen molar-refractivity contribution in [2.45, 2.75) is 30.3 Å². The number of hydrogen-bond donors (Lipinski definition) is 1. The van der Waals surface area contributed by atoms with E-state index in [1.165, 1.54) is 18.3 Å². The molecule has 0 amide bonds. The molecule has 0 radical (unpaired) electrons. The van der Waals surface area contributed by atoms with Crippen molar-refractivity contribution in [3.63, 3.8) is 0 Å². The van der Waals surface area contributed by atoms with Gasteiger partial charge in [-0.05, 0) is 31.4 Å². The largest absolute Gasteiger partial charge is 0.379 e. The molecule has 0 bridgehead atoms. The number of nitrogens with zero attached hydrogens (tertiary/aromatic N) is 1. The second kappa shape index (κ2) is 8.05. The Morgan fingerprint density at radius 1 is 1.52 bits per heavy atom. The van der Waals surface area contributed by atoms with Gasteiger partial charge in [0.1, 0.15) is 5.15 Å². The number of aromatic nitrogens is 1. The fourth-order valence-electron chi connectivity index (χ4n) is 2.01. The van der Waals surface area contributed by atoms with Crippen LogP contribution in [0.15, 0.2) is 23.2 Å². The molecule has 118 valence electrons. The molecular weight excluding hydrogens is 316 g/mol. The summed E-state index contributed by atoms with van der Waals surface area (Å²) in [6, 6.07) is 2.72. The average Bonchev–Trinajstić information content (AvgIpc) is 2.96. The molecule has 1 N–H and O–H groups in total. The Bertz CT molecular complexity index is 547. The summed E-state index contributed by atoms with van der Waals surface area (Å²) in [6.45, 7) is 2.20. The lowest BCUT2D eigenvalue weighted by Crippen LogP contribution is -2.26. The molecule has 0 spiro atoms. The summed E-state index contributed by atoms with van der Waals surface area (Å²) in [4.78, 5) is 3.87. The second-order valence-corrected chi connectivity index (χ2v) is 6.93. The van der Waals surface area contributed by atoms with Gasteiger partial charge in [0, 0.05) is 26.0 Å². The quantitative estimate of drug-likeness (QED) is 0.577. The maximum atomic E-state index is 12.0. The van der Waals surface area contributed by atoms with Crippen molar-refractivity contribution < 1.29 is 17.9 Å². The zero-order chi connectivity index (χ0) is 15.1. The number of sulfonamides is 1. The molecule has 1 atom stereocenters. The van der Waals surface area contributed by atoms with E-state index in [0.717, 1.165) is 19.4 Å². The standard InChI is InChI=1S/C13H19ClN2O4S/c14-13-9-12(4-6-15-13)21(17,18)16-5-2-7-19-10-11-3-1-8-20-11/h4,6,9,11,16H,1-3,5,7-8,10H2. The highest BCUT2D eigenvalue weighted by Gasteiger charge is 2.16. The van der Waals surface area contributed by atoms with Crippen LogP contribution in [0.5, 0.6) is 0 Å². The number of hydrogen-bond acceptors (Lipinski definition) is 5. The number of rotatable bonds is 8. The third-order valence-electron chi connectivity index (χ3n) is 3.09. The third-order valence-corrected chi connectivity index (χ3v) is 4.76. The summed E-state index contributed by atoms with van der Waals surface area (Å²) in [7, 11) is -3.54. The lowest BCUT2D eigenvalue weighted by atomic mass is 10.2. The van der Waals surface area contributed by atoms with Crippen LogP contribution in [-0.4, -0.2) is 45.9 Å². The molecule has 1 unspecified atom stereocenters. The summed E-state index contributed by atoms with van der Waals surface area (Å²) in [5.74, 6) is 0. The van der Waals surface area contributed by atoms with Gasteiger partial charge in [-0.15, -0.1) is 0 Å². The fraction of sp³-hybridized carbons (Fsp3) is 0.615. The Morgan fingerprint density at radius 2 is 2.38 bits per heavy atom. The summed E-state index contributed by atoms with van der Waals surface area (Å²) < 4.78 is 37.3. The van der Waals surface area contributed by atoms with Crippen molar-refractivity contribution in [2.24, 2.45) is 0 Å². The van der Waals surface area contributed by atoms with Crippen LogP contribution >= 0.6 is 11.6 Å². The lowest BCUT2D eigenvalue weighted by molar-refractivity contribution is 0.0169. The van der Waals surface area contributed by atoms with Gasteiger partial charge >= 0.3 is 0 Å². The average molecular weight is 335 g/mol. The summed E-state index contributed by atoms with van der Waals surface area (Å²) in [5, 5.41) is 0.151. The molecule has 0 aromatic carbocycles. The Labute approximate surface area is 129 Å². The van der Waals surface area contributed by atoms with Crippen molar-refractivity contribution in [1.29, 1.82) is 0 Å². The van der Waals surface area contributed by atoms with E-state index in [9.17, 15) is 8.42 Å². The van der Waals surface area contributed by atoms with Crippen LogP contribution in [0.25, 0.3) is 0 Å². The minimum absolute atomic E-state index is 0.114. The minimum Gasteiger partial charge on any atom is -0.379 e. The highest BCUT2D eigenvalue weighted by Crippen LogP contribution is 2.13. The Kier molecular flexibility index (Phi) is 6.38. The molecule has 1 aliphatic heterocycles. The van der Waals surface area contributed by atoms with Crippen molar-refractivity contribution in [1.82, 2.24) is 9.71 Å². The minimum atomic E-state index is -3.54. The Balaban J connectivity index is 1.65. The van der Waals surface area contributed by atoms with Crippen LogP contribution in [-0.2, 0) is 19.5 Å². The monoisotopic (exact) mass is 334 g/mol. The predicted octanol–water partition coefficient (Wildman–Crippen LogP) is 1.60. The zero-order valence-corrected chi connectivity index (χ0v) is 13.2. The molecule has 1 fully saturated rings. The van der Waals surface area contributed by atoms with Gasteiger partial charge in [-0.1, -0.05) is 11.6 Å². The first-order valence-electron chi connectivity index (χ1n) is 6.88. The summed E-state index contributed by atoms with van der Waals surface area (Å²) >= 11 is 5.68. The van der Waals surface area contributed by atoms with Gasteiger partial charge in [0.2, 0.25) is 10.0 Å². The van der Waals surface area contributed by atoms with Crippen LogP contribution in [0.4, 0.5) is 0 Å². The maximum Gasteiger partial charge on any atom is 0.240 e. The van der Waals surface area contributed by atoms with E-state index >= 15 is 0 Å². The van der Waals surface area contributed by atoms with E-state index in [1.807, 2.05) is 0 Å². The first-order valence-corrected chi connectivity index (χ1v) is 8.74. The Morgan fingerprint density at radius 3 is 3.10 bits per heavy atom. The predicted molar refractivity (Wildman–Crippen MR) is 78.8 cm³/mol. The molecule has 6 nitrogen and oxygen atoms in total. The van der Waals surface area contributed by atoms with E-state index < -0.39 is 10.0 Å². The Hall–Kier alpha value is -0.730. The zero-order valence-electron chi connectivity index (χ0n) is 11.6. The number of pyridine rings is 1. The van der Waals surface area contributed by atoms with Gasteiger partial charge in [0.15, 0.2) is 0 Å². The van der Waals surface area contributed by atoms with Crippen molar-refractivity contribution in [3.05, 3.63) is 23.5 Å². The van der Waals surface area contributed by atoms with Crippen molar-refractivity contribution in [2.75, 3.05) is 26.4 Å². The van der Waals surface area contributed by atoms with Gasteiger partial charge in [-0.3, -0.25) is 0 Å². The molecular formula is C13H19ClN2O4S. The molecule has 21 heavy (non-hydrogen) atoms. The lowest BCUT2D eigenvalue weighted by Gasteiger charge is -2.10. The molecule has 8 heteroatoms. The van der Waals surface area contributed by atoms with Crippen LogP contribution in [0.1, 0.15) is 19.3 Å². The molecule has 1 aliphatic rings. The molecule has 1 aromatic heterocycles. The molecule has 2 heterocycles.